The molecule has 0 bridgehead atoms. The van der Waals surface area contributed by atoms with E-state index in [9.17, 15) is 9.90 Å². The fraction of sp³-hybridized carbons (Fsp3) is 0.385. The van der Waals surface area contributed by atoms with E-state index in [4.69, 9.17) is 0 Å². The number of carbonyl (C=O) groups excluding carboxylic acids is 1. The lowest BCUT2D eigenvalue weighted by molar-refractivity contribution is -0.122. The molecule has 0 aliphatic carbocycles. The van der Waals surface area contributed by atoms with Crippen molar-refractivity contribution in [2.24, 2.45) is 0 Å². The summed E-state index contributed by atoms with van der Waals surface area (Å²) in [6, 6.07) is 6.54. The van der Waals surface area contributed by atoms with E-state index >= 15 is 0 Å². The number of benzene rings is 1. The van der Waals surface area contributed by atoms with Crippen molar-refractivity contribution in [2.45, 2.75) is 32.2 Å². The minimum Gasteiger partial charge on any atom is -0.508 e. The highest BCUT2D eigenvalue weighted by atomic mass is 16.3. The van der Waals surface area contributed by atoms with E-state index in [2.05, 4.69) is 25.9 Å². The molecule has 1 heterocycles. The van der Waals surface area contributed by atoms with Gasteiger partial charge in [0.2, 0.25) is 5.91 Å². The molecule has 1 unspecified atom stereocenters. The Kier molecular flexibility index (Phi) is 3.97. The summed E-state index contributed by atoms with van der Waals surface area (Å²) < 4.78 is 0. The number of aromatic amines is 1. The Morgan fingerprint density at radius 3 is 2.65 bits per heavy atom. The van der Waals surface area contributed by atoms with Crippen LogP contribution in [0.25, 0.3) is 0 Å². The van der Waals surface area contributed by atoms with Gasteiger partial charge in [0.15, 0.2) is 5.82 Å². The molecular weight excluding hydrogens is 258 g/mol. The maximum absolute atomic E-state index is 12.1. The van der Waals surface area contributed by atoms with Gasteiger partial charge in [0.25, 0.3) is 0 Å². The van der Waals surface area contributed by atoms with Crippen molar-refractivity contribution in [3.8, 4) is 5.75 Å². The van der Waals surface area contributed by atoms with E-state index < -0.39 is 5.54 Å². The third kappa shape index (κ3) is 3.11. The summed E-state index contributed by atoms with van der Waals surface area (Å²) in [4.78, 5) is 12.1. The third-order valence-corrected chi connectivity index (χ3v) is 3.26. The SMILES string of the molecule is CCC(C)(NC(=O)Cc1ccc(O)cc1)c1nn[nH]n1. The molecule has 0 radical (unpaired) electrons. The summed E-state index contributed by atoms with van der Waals surface area (Å²) in [5.41, 5.74) is 0.174. The topological polar surface area (TPSA) is 104 Å². The predicted molar refractivity (Wildman–Crippen MR) is 71.8 cm³/mol. The number of carbonyl (C=O) groups is 1. The van der Waals surface area contributed by atoms with Crippen LogP contribution < -0.4 is 5.32 Å². The van der Waals surface area contributed by atoms with Gasteiger partial charge >= 0.3 is 0 Å². The van der Waals surface area contributed by atoms with Crippen LogP contribution in [0, 0.1) is 0 Å². The summed E-state index contributed by atoms with van der Waals surface area (Å²) >= 11 is 0. The fourth-order valence-corrected chi connectivity index (χ4v) is 1.85. The minimum absolute atomic E-state index is 0.134. The van der Waals surface area contributed by atoms with E-state index in [-0.39, 0.29) is 18.1 Å². The van der Waals surface area contributed by atoms with Gasteiger partial charge in [-0.2, -0.15) is 5.21 Å². The number of rotatable bonds is 5. The van der Waals surface area contributed by atoms with Crippen molar-refractivity contribution in [3.63, 3.8) is 0 Å². The third-order valence-electron chi connectivity index (χ3n) is 3.26. The molecule has 7 heteroatoms. The second-order valence-corrected chi connectivity index (χ2v) is 4.81. The fourth-order valence-electron chi connectivity index (χ4n) is 1.85. The van der Waals surface area contributed by atoms with Gasteiger partial charge in [-0.3, -0.25) is 4.79 Å². The maximum atomic E-state index is 12.1. The predicted octanol–water partition coefficient (Wildman–Crippen LogP) is 0.889. The molecule has 0 spiro atoms. The lowest BCUT2D eigenvalue weighted by Crippen LogP contribution is -2.44. The van der Waals surface area contributed by atoms with Crippen LogP contribution in [0.3, 0.4) is 0 Å². The highest BCUT2D eigenvalue weighted by Gasteiger charge is 2.30. The number of phenols is 1. The van der Waals surface area contributed by atoms with E-state index in [1.54, 1.807) is 24.3 Å². The smallest absolute Gasteiger partial charge is 0.225 e. The lowest BCUT2D eigenvalue weighted by Gasteiger charge is -2.25. The number of aromatic nitrogens is 4. The molecule has 2 rings (SSSR count). The van der Waals surface area contributed by atoms with Crippen LogP contribution >= 0.6 is 0 Å². The second kappa shape index (κ2) is 5.68. The van der Waals surface area contributed by atoms with Gasteiger partial charge in [-0.05, 0) is 31.0 Å². The van der Waals surface area contributed by atoms with Gasteiger partial charge in [-0.25, -0.2) is 0 Å². The molecule has 20 heavy (non-hydrogen) atoms. The summed E-state index contributed by atoms with van der Waals surface area (Å²) in [6.45, 7) is 3.80. The number of amides is 1. The van der Waals surface area contributed by atoms with Gasteiger partial charge < -0.3 is 10.4 Å². The molecule has 1 aromatic heterocycles. The largest absolute Gasteiger partial charge is 0.508 e. The second-order valence-electron chi connectivity index (χ2n) is 4.81. The molecule has 0 saturated carbocycles. The van der Waals surface area contributed by atoms with Gasteiger partial charge in [0, 0.05) is 0 Å². The minimum atomic E-state index is -0.652. The first-order valence-electron chi connectivity index (χ1n) is 6.36. The summed E-state index contributed by atoms with van der Waals surface area (Å²) in [5, 5.41) is 25.9. The Morgan fingerprint density at radius 2 is 2.10 bits per heavy atom. The average Bonchev–Trinajstić information content (AvgIpc) is 2.96. The number of nitrogens with one attached hydrogen (secondary N) is 2. The van der Waals surface area contributed by atoms with Gasteiger partial charge in [0.05, 0.1) is 6.42 Å². The van der Waals surface area contributed by atoms with Crippen molar-refractivity contribution in [3.05, 3.63) is 35.7 Å². The highest BCUT2D eigenvalue weighted by Crippen LogP contribution is 2.20. The molecule has 0 fully saturated rings. The average molecular weight is 275 g/mol. The highest BCUT2D eigenvalue weighted by molar-refractivity contribution is 5.79. The first-order valence-corrected chi connectivity index (χ1v) is 6.36. The molecule has 0 saturated heterocycles. The number of tetrazole rings is 1. The van der Waals surface area contributed by atoms with E-state index in [0.29, 0.717) is 12.2 Å². The Hall–Kier alpha value is -2.44. The Balaban J connectivity index is 2.04. The van der Waals surface area contributed by atoms with Crippen LogP contribution in [0.15, 0.2) is 24.3 Å². The number of hydrogen-bond donors (Lipinski definition) is 3. The molecule has 2 aromatic rings. The molecule has 0 aliphatic rings. The molecule has 0 aliphatic heterocycles. The first kappa shape index (κ1) is 14.0. The zero-order chi connectivity index (χ0) is 14.6. The summed E-state index contributed by atoms with van der Waals surface area (Å²) in [5.74, 6) is 0.503. The molecule has 106 valence electrons. The summed E-state index contributed by atoms with van der Waals surface area (Å²) in [7, 11) is 0. The van der Waals surface area contributed by atoms with Crippen molar-refractivity contribution < 1.29 is 9.90 Å². The van der Waals surface area contributed by atoms with Gasteiger partial charge in [0.1, 0.15) is 11.3 Å². The normalized spacial score (nSPS) is 13.7. The quantitative estimate of drug-likeness (QED) is 0.751. The zero-order valence-corrected chi connectivity index (χ0v) is 11.4. The van der Waals surface area contributed by atoms with Crippen LogP contribution in [0.4, 0.5) is 0 Å². The van der Waals surface area contributed by atoms with E-state index in [1.165, 1.54) is 0 Å². The van der Waals surface area contributed by atoms with Crippen molar-refractivity contribution >= 4 is 5.91 Å². The number of hydrogen-bond acceptors (Lipinski definition) is 5. The van der Waals surface area contributed by atoms with Crippen LogP contribution in [0.5, 0.6) is 5.75 Å². The molecule has 1 amide bonds. The van der Waals surface area contributed by atoms with Crippen LogP contribution in [-0.2, 0) is 16.8 Å². The van der Waals surface area contributed by atoms with Crippen molar-refractivity contribution in [2.75, 3.05) is 0 Å². The molecule has 1 aromatic carbocycles. The Bertz CT molecular complexity index is 567. The Labute approximate surface area is 116 Å². The first-order chi connectivity index (χ1) is 9.53. The van der Waals surface area contributed by atoms with Crippen LogP contribution in [0.2, 0.25) is 0 Å². The monoisotopic (exact) mass is 275 g/mol. The molecular formula is C13H17N5O2. The molecule has 7 nitrogen and oxygen atoms in total. The van der Waals surface area contributed by atoms with Crippen molar-refractivity contribution in [1.82, 2.24) is 25.9 Å². The lowest BCUT2D eigenvalue weighted by atomic mass is 9.97. The zero-order valence-electron chi connectivity index (χ0n) is 11.4. The summed E-state index contributed by atoms with van der Waals surface area (Å²) in [6.07, 6.45) is 0.877. The van der Waals surface area contributed by atoms with Gasteiger partial charge in [-0.15, -0.1) is 10.2 Å². The van der Waals surface area contributed by atoms with Crippen LogP contribution in [0.1, 0.15) is 31.7 Å². The van der Waals surface area contributed by atoms with E-state index in [0.717, 1.165) is 5.56 Å². The van der Waals surface area contributed by atoms with Crippen LogP contribution in [-0.4, -0.2) is 31.6 Å². The number of H-pyrrole nitrogens is 1. The maximum Gasteiger partial charge on any atom is 0.225 e. The number of phenolic OH excluding ortho intramolecular Hbond substituents is 1. The number of nitrogens with zero attached hydrogens (tertiary/aromatic N) is 3. The molecule has 1 atom stereocenters. The Morgan fingerprint density at radius 1 is 1.40 bits per heavy atom. The standard InChI is InChI=1S/C13H17N5O2/c1-3-13(2,12-15-17-18-16-12)14-11(20)8-9-4-6-10(19)7-5-9/h4-7,19H,3,8H2,1-2H3,(H,14,20)(H,15,16,17,18). The van der Waals surface area contributed by atoms with E-state index in [1.807, 2.05) is 13.8 Å². The van der Waals surface area contributed by atoms with Crippen molar-refractivity contribution in [1.29, 1.82) is 0 Å². The molecule has 3 N–H and O–H groups in total. The number of aromatic hydroxyl groups is 1. The van der Waals surface area contributed by atoms with Gasteiger partial charge in [-0.1, -0.05) is 24.3 Å².